The molecular weight excluding hydrogens is 386 g/mol. The fourth-order valence-corrected chi connectivity index (χ4v) is 5.40. The lowest BCUT2D eigenvalue weighted by Gasteiger charge is -2.34. The van der Waals surface area contributed by atoms with Crippen molar-refractivity contribution in [3.8, 4) is 17.6 Å². The van der Waals surface area contributed by atoms with Gasteiger partial charge in [0, 0.05) is 22.2 Å². The van der Waals surface area contributed by atoms with Crippen molar-refractivity contribution in [2.45, 2.75) is 51.0 Å². The Labute approximate surface area is 173 Å². The highest BCUT2D eigenvalue weighted by atomic mass is 32.1. The summed E-state index contributed by atoms with van der Waals surface area (Å²) in [6.07, 6.45) is 3.93. The number of rotatable bonds is 3. The molecule has 3 aromatic rings. The molecule has 1 aliphatic carbocycles. The molecule has 0 radical (unpaired) electrons. The summed E-state index contributed by atoms with van der Waals surface area (Å²) in [6, 6.07) is 6.98. The topological polar surface area (TPSA) is 94.8 Å². The van der Waals surface area contributed by atoms with E-state index in [-0.39, 0.29) is 6.04 Å². The molecule has 8 nitrogen and oxygen atoms in total. The zero-order valence-corrected chi connectivity index (χ0v) is 17.5. The van der Waals surface area contributed by atoms with E-state index in [2.05, 4.69) is 38.5 Å². The molecule has 1 atom stereocenters. The van der Waals surface area contributed by atoms with E-state index in [9.17, 15) is 5.26 Å². The van der Waals surface area contributed by atoms with E-state index in [1.807, 2.05) is 17.5 Å². The van der Waals surface area contributed by atoms with Crippen molar-refractivity contribution in [3.63, 3.8) is 0 Å². The van der Waals surface area contributed by atoms with Crippen molar-refractivity contribution in [2.24, 2.45) is 0 Å². The van der Waals surface area contributed by atoms with Gasteiger partial charge in [-0.2, -0.15) is 10.4 Å². The minimum absolute atomic E-state index is 0.228. The predicted octanol–water partition coefficient (Wildman–Crippen LogP) is 2.54. The molecule has 29 heavy (non-hydrogen) atoms. The van der Waals surface area contributed by atoms with Gasteiger partial charge in [0.05, 0.1) is 30.7 Å². The number of aryl methyl sites for hydroxylation is 1. The highest BCUT2D eigenvalue weighted by Crippen LogP contribution is 2.43. The molecule has 0 unspecified atom stereocenters. The van der Waals surface area contributed by atoms with Gasteiger partial charge in [-0.15, -0.1) is 0 Å². The quantitative estimate of drug-likeness (QED) is 0.667. The minimum atomic E-state index is -0.468. The van der Waals surface area contributed by atoms with E-state index in [0.29, 0.717) is 19.0 Å². The molecule has 3 aromatic heterocycles. The Hall–Kier alpha value is -2.57. The number of nitrogens with zero attached hydrogens (tertiary/aromatic N) is 6. The number of ether oxygens (including phenoxy) is 1. The number of nitrogens with one attached hydrogen (secondary N) is 1. The van der Waals surface area contributed by atoms with Crippen molar-refractivity contribution >= 4 is 22.2 Å². The van der Waals surface area contributed by atoms with Crippen LogP contribution >= 0.6 is 11.5 Å². The molecule has 0 aromatic carbocycles. The van der Waals surface area contributed by atoms with Crippen LogP contribution in [-0.2, 0) is 10.2 Å². The molecular formula is C20H24N7OS+. The van der Waals surface area contributed by atoms with Crippen LogP contribution in [0.4, 0.5) is 5.82 Å². The summed E-state index contributed by atoms with van der Waals surface area (Å²) in [5.41, 5.74) is 2.33. The fourth-order valence-electron chi connectivity index (χ4n) is 4.50. The van der Waals surface area contributed by atoms with Gasteiger partial charge < -0.3 is 9.64 Å². The number of nitriles is 1. The van der Waals surface area contributed by atoms with Crippen molar-refractivity contribution in [3.05, 3.63) is 23.4 Å². The maximum Gasteiger partial charge on any atom is 0.391 e. The number of H-pyrrole nitrogens is 1. The average molecular weight is 411 g/mol. The largest absolute Gasteiger partial charge is 0.391 e. The normalized spacial score (nSPS) is 21.6. The Balaban J connectivity index is 1.74. The molecule has 1 aliphatic heterocycles. The third kappa shape index (κ3) is 2.98. The maximum absolute atomic E-state index is 10.2. The van der Waals surface area contributed by atoms with Crippen molar-refractivity contribution < 1.29 is 9.25 Å². The van der Waals surface area contributed by atoms with Gasteiger partial charge in [-0.25, -0.2) is 0 Å². The van der Waals surface area contributed by atoms with Crippen molar-refractivity contribution in [1.82, 2.24) is 19.7 Å². The SMILES string of the molecule is Cc1cc(-c2nsc3c(C4(C#N)CCCC4)cc(N4CCOC[C@H]4C)n[n+]23)n[nH]1. The maximum atomic E-state index is 10.2. The number of hydrogen-bond donors (Lipinski definition) is 1. The minimum Gasteiger partial charge on any atom is -0.377 e. The van der Waals surface area contributed by atoms with Gasteiger partial charge in [0.2, 0.25) is 0 Å². The van der Waals surface area contributed by atoms with Crippen LogP contribution in [0, 0.1) is 18.3 Å². The van der Waals surface area contributed by atoms with Gasteiger partial charge in [-0.3, -0.25) is 5.10 Å². The van der Waals surface area contributed by atoms with Crippen molar-refractivity contribution in [2.75, 3.05) is 24.7 Å². The molecule has 5 rings (SSSR count). The van der Waals surface area contributed by atoms with E-state index in [1.54, 1.807) is 0 Å². The summed E-state index contributed by atoms with van der Waals surface area (Å²) in [5.74, 6) is 1.59. The average Bonchev–Trinajstić information content (AvgIpc) is 3.47. The van der Waals surface area contributed by atoms with Crippen LogP contribution in [0.25, 0.3) is 16.3 Å². The molecule has 1 saturated carbocycles. The van der Waals surface area contributed by atoms with E-state index >= 15 is 0 Å². The van der Waals surface area contributed by atoms with E-state index in [4.69, 9.17) is 9.84 Å². The summed E-state index contributed by atoms with van der Waals surface area (Å²) in [6.45, 7) is 6.26. The molecule has 1 N–H and O–H groups in total. The first kappa shape index (κ1) is 18.5. The molecule has 0 bridgehead atoms. The molecule has 0 spiro atoms. The van der Waals surface area contributed by atoms with E-state index in [0.717, 1.165) is 59.8 Å². The van der Waals surface area contributed by atoms with Crippen molar-refractivity contribution in [1.29, 1.82) is 5.26 Å². The Kier molecular flexibility index (Phi) is 4.48. The van der Waals surface area contributed by atoms with Gasteiger partial charge in [0.1, 0.15) is 11.5 Å². The number of morpholine rings is 1. The van der Waals surface area contributed by atoms with Gasteiger partial charge in [-0.1, -0.05) is 22.5 Å². The van der Waals surface area contributed by atoms with Crippen LogP contribution in [0.3, 0.4) is 0 Å². The lowest BCUT2D eigenvalue weighted by atomic mass is 9.81. The van der Waals surface area contributed by atoms with Gasteiger partial charge in [-0.05, 0) is 38.8 Å². The fraction of sp³-hybridized carbons (Fsp3) is 0.550. The Bertz CT molecular complexity index is 1090. The second-order valence-corrected chi connectivity index (χ2v) is 8.85. The Morgan fingerprint density at radius 1 is 1.38 bits per heavy atom. The predicted molar refractivity (Wildman–Crippen MR) is 109 cm³/mol. The summed E-state index contributed by atoms with van der Waals surface area (Å²) < 4.78 is 12.2. The lowest BCUT2D eigenvalue weighted by Crippen LogP contribution is -2.46. The molecule has 2 aliphatic rings. The molecule has 2 fully saturated rings. The standard InChI is InChI=1S/C20H24N7OS/c1-13-9-16(23-22-13)18-25-29-19-15(20(12-21)5-3-4-6-20)10-17(24-27(18)19)26-7-8-28-11-14(26)2/h9-10,14H,3-8,11H2,1-2H3,(H,22,23)/q+1/t14-/m1/s1. The number of aromatic amines is 1. The smallest absolute Gasteiger partial charge is 0.377 e. The third-order valence-electron chi connectivity index (χ3n) is 6.10. The molecule has 4 heterocycles. The molecule has 0 amide bonds. The molecule has 150 valence electrons. The van der Waals surface area contributed by atoms with Crippen LogP contribution in [0.1, 0.15) is 43.9 Å². The summed E-state index contributed by atoms with van der Waals surface area (Å²) >= 11 is 1.40. The second kappa shape index (κ2) is 7.04. The number of hydrogen-bond acceptors (Lipinski definition) is 7. The first-order valence-electron chi connectivity index (χ1n) is 10.1. The van der Waals surface area contributed by atoms with Gasteiger partial charge in [0.15, 0.2) is 11.5 Å². The van der Waals surface area contributed by atoms with Crippen LogP contribution in [-0.4, -0.2) is 45.5 Å². The van der Waals surface area contributed by atoms with Gasteiger partial charge in [0.25, 0.3) is 4.83 Å². The Morgan fingerprint density at radius 3 is 2.90 bits per heavy atom. The van der Waals surface area contributed by atoms with Gasteiger partial charge >= 0.3 is 5.82 Å². The Morgan fingerprint density at radius 2 is 2.21 bits per heavy atom. The van der Waals surface area contributed by atoms with E-state index in [1.165, 1.54) is 11.5 Å². The van der Waals surface area contributed by atoms with Crippen LogP contribution in [0.15, 0.2) is 12.1 Å². The number of aromatic nitrogens is 5. The van der Waals surface area contributed by atoms with Crippen LogP contribution in [0.5, 0.6) is 0 Å². The lowest BCUT2D eigenvalue weighted by molar-refractivity contribution is -0.566. The van der Waals surface area contributed by atoms with E-state index < -0.39 is 5.41 Å². The summed E-state index contributed by atoms with van der Waals surface area (Å²) in [4.78, 5) is 3.21. The highest BCUT2D eigenvalue weighted by molar-refractivity contribution is 7.11. The highest BCUT2D eigenvalue weighted by Gasteiger charge is 2.42. The first-order chi connectivity index (χ1) is 14.1. The molecule has 9 heteroatoms. The van der Waals surface area contributed by atoms with Crippen LogP contribution in [0.2, 0.25) is 0 Å². The monoisotopic (exact) mass is 410 g/mol. The second-order valence-electron chi connectivity index (χ2n) is 8.09. The molecule has 1 saturated heterocycles. The first-order valence-corrected chi connectivity index (χ1v) is 10.9. The zero-order valence-electron chi connectivity index (χ0n) is 16.7. The zero-order chi connectivity index (χ0) is 20.0. The number of fused-ring (bicyclic) bond motifs is 1. The summed E-state index contributed by atoms with van der Waals surface area (Å²) in [7, 11) is 0. The number of anilines is 1. The third-order valence-corrected chi connectivity index (χ3v) is 6.93. The summed E-state index contributed by atoms with van der Waals surface area (Å²) in [5, 5.41) is 22.5. The van der Waals surface area contributed by atoms with Crippen LogP contribution < -0.4 is 9.42 Å².